The first-order valence-corrected chi connectivity index (χ1v) is 5.93. The molecule has 8 heteroatoms. The average Bonchev–Trinajstić information content (AvgIpc) is 2.46. The Labute approximate surface area is 116 Å². The van der Waals surface area contributed by atoms with Crippen LogP contribution in [0.5, 0.6) is 0 Å². The number of hydrogen-bond acceptors (Lipinski definition) is 7. The molecule has 2 N–H and O–H groups in total. The summed E-state index contributed by atoms with van der Waals surface area (Å²) < 4.78 is 10.00. The van der Waals surface area contributed by atoms with Crippen LogP contribution >= 0.6 is 0 Å². The highest BCUT2D eigenvalue weighted by atomic mass is 16.7. The van der Waals surface area contributed by atoms with Crippen molar-refractivity contribution in [3.63, 3.8) is 0 Å². The summed E-state index contributed by atoms with van der Waals surface area (Å²) in [5.41, 5.74) is 0.915. The van der Waals surface area contributed by atoms with Crippen LogP contribution in [0.25, 0.3) is 0 Å². The summed E-state index contributed by atoms with van der Waals surface area (Å²) in [4.78, 5) is 14.0. The Morgan fingerprint density at radius 3 is 2.80 bits per heavy atom. The molecule has 0 fully saturated rings. The zero-order chi connectivity index (χ0) is 14.8. The highest BCUT2D eigenvalue weighted by Crippen LogP contribution is 1.97. The summed E-state index contributed by atoms with van der Waals surface area (Å²) in [5, 5.41) is 16.4. The van der Waals surface area contributed by atoms with Gasteiger partial charge in [-0.25, -0.2) is 0 Å². The lowest BCUT2D eigenvalue weighted by molar-refractivity contribution is -0.404. The van der Waals surface area contributed by atoms with E-state index in [1.54, 1.807) is 18.5 Å². The molecule has 1 aromatic rings. The summed E-state index contributed by atoms with van der Waals surface area (Å²) in [7, 11) is 2.99. The summed E-state index contributed by atoms with van der Waals surface area (Å²) in [6.07, 6.45) is 3.73. The van der Waals surface area contributed by atoms with Crippen LogP contribution in [-0.2, 0) is 16.0 Å². The zero-order valence-corrected chi connectivity index (χ0v) is 11.4. The topological polar surface area (TPSA) is 98.5 Å². The minimum atomic E-state index is -0.535. The van der Waals surface area contributed by atoms with Gasteiger partial charge in [-0.15, -0.1) is 0 Å². The number of nitrogens with one attached hydrogen (secondary N) is 2. The summed E-state index contributed by atoms with van der Waals surface area (Å²) in [6.45, 7) is 0.706. The van der Waals surface area contributed by atoms with Crippen LogP contribution < -0.4 is 10.6 Å². The van der Waals surface area contributed by atoms with Gasteiger partial charge >= 0.3 is 0 Å². The maximum Gasteiger partial charge on any atom is 0.274 e. The summed E-state index contributed by atoms with van der Waals surface area (Å²) in [6, 6.07) is 3.67. The molecule has 110 valence electrons. The number of pyridine rings is 1. The number of hydrogen-bond donors (Lipinski definition) is 2. The lowest BCUT2D eigenvalue weighted by Crippen LogP contribution is -2.34. The van der Waals surface area contributed by atoms with Crippen LogP contribution in [0.3, 0.4) is 0 Å². The third kappa shape index (κ3) is 6.12. The van der Waals surface area contributed by atoms with Gasteiger partial charge in [0.05, 0.1) is 11.5 Å². The van der Waals surface area contributed by atoms with Crippen molar-refractivity contribution in [1.82, 2.24) is 15.6 Å². The molecule has 0 saturated heterocycles. The first kappa shape index (κ1) is 15.9. The van der Waals surface area contributed by atoms with Crippen molar-refractivity contribution in [2.75, 3.05) is 20.8 Å². The second-order valence-electron chi connectivity index (χ2n) is 3.82. The van der Waals surface area contributed by atoms with Crippen molar-refractivity contribution < 1.29 is 14.4 Å². The zero-order valence-electron chi connectivity index (χ0n) is 11.4. The van der Waals surface area contributed by atoms with E-state index < -0.39 is 11.2 Å². The minimum Gasteiger partial charge on any atom is -0.363 e. The van der Waals surface area contributed by atoms with Gasteiger partial charge < -0.3 is 20.1 Å². The lowest BCUT2D eigenvalue weighted by atomic mass is 10.3. The van der Waals surface area contributed by atoms with Crippen LogP contribution in [0, 0.1) is 10.1 Å². The molecule has 8 nitrogen and oxygen atoms in total. The third-order valence-electron chi connectivity index (χ3n) is 2.43. The highest BCUT2D eigenvalue weighted by Gasteiger charge is 2.08. The molecule has 1 rings (SSSR count). The van der Waals surface area contributed by atoms with Gasteiger partial charge in [0.1, 0.15) is 0 Å². The fraction of sp³-hybridized carbons (Fsp3) is 0.417. The second kappa shape index (κ2) is 8.83. The molecule has 0 radical (unpaired) electrons. The van der Waals surface area contributed by atoms with E-state index in [1.807, 2.05) is 6.07 Å². The molecule has 1 aromatic heterocycles. The molecule has 0 unspecified atom stereocenters. The Bertz CT molecular complexity index is 434. The first-order valence-electron chi connectivity index (χ1n) is 5.93. The first-order chi connectivity index (χ1) is 9.65. The van der Waals surface area contributed by atoms with Gasteiger partial charge in [0, 0.05) is 33.2 Å². The Morgan fingerprint density at radius 2 is 2.25 bits per heavy atom. The van der Waals surface area contributed by atoms with E-state index in [0.29, 0.717) is 6.54 Å². The van der Waals surface area contributed by atoms with Gasteiger partial charge in [0.25, 0.3) is 6.20 Å². The molecule has 0 atom stereocenters. The monoisotopic (exact) mass is 282 g/mol. The molecular weight excluding hydrogens is 264 g/mol. The number of nitro groups is 1. The molecule has 0 aliphatic carbocycles. The van der Waals surface area contributed by atoms with Crippen molar-refractivity contribution >= 4 is 0 Å². The van der Waals surface area contributed by atoms with Crippen LogP contribution in [0.15, 0.2) is 36.5 Å². The SMILES string of the molecule is COC(CN/C(=C/[N+](=O)[O-])NCc1cccnc1)OC. The Kier molecular flexibility index (Phi) is 7.01. The maximum atomic E-state index is 10.6. The number of nitrogens with zero attached hydrogens (tertiary/aromatic N) is 2. The number of methoxy groups -OCH3 is 2. The molecule has 0 aliphatic heterocycles. The fourth-order valence-corrected chi connectivity index (χ4v) is 1.42. The van der Waals surface area contributed by atoms with E-state index in [1.165, 1.54) is 14.2 Å². The Morgan fingerprint density at radius 1 is 1.50 bits per heavy atom. The normalized spacial score (nSPS) is 11.4. The molecule has 0 bridgehead atoms. The van der Waals surface area contributed by atoms with Gasteiger partial charge in [-0.1, -0.05) is 6.07 Å². The smallest absolute Gasteiger partial charge is 0.274 e. The Balaban J connectivity index is 2.54. The third-order valence-corrected chi connectivity index (χ3v) is 2.43. The van der Waals surface area contributed by atoms with Crippen LogP contribution in [0.2, 0.25) is 0 Å². The Hall–Kier alpha value is -2.19. The second-order valence-corrected chi connectivity index (χ2v) is 3.82. The quantitative estimate of drug-likeness (QED) is 0.385. The van der Waals surface area contributed by atoms with E-state index in [-0.39, 0.29) is 12.4 Å². The average molecular weight is 282 g/mol. The molecule has 0 amide bonds. The number of ether oxygens (including phenoxy) is 2. The fourth-order valence-electron chi connectivity index (χ4n) is 1.42. The molecule has 0 aromatic carbocycles. The molecule has 0 spiro atoms. The largest absolute Gasteiger partial charge is 0.363 e. The molecule has 1 heterocycles. The van der Waals surface area contributed by atoms with Crippen LogP contribution in [0.1, 0.15) is 5.56 Å². The van der Waals surface area contributed by atoms with Gasteiger partial charge in [0.2, 0.25) is 0 Å². The van der Waals surface area contributed by atoms with E-state index in [4.69, 9.17) is 9.47 Å². The van der Waals surface area contributed by atoms with Crippen molar-refractivity contribution in [3.8, 4) is 0 Å². The minimum absolute atomic E-state index is 0.276. The highest BCUT2D eigenvalue weighted by molar-refractivity contribution is 5.09. The molecular formula is C12H18N4O4. The van der Waals surface area contributed by atoms with E-state index in [2.05, 4.69) is 15.6 Å². The van der Waals surface area contributed by atoms with Gasteiger partial charge in [0.15, 0.2) is 12.1 Å². The summed E-state index contributed by atoms with van der Waals surface area (Å²) in [5.74, 6) is 0.276. The van der Waals surface area contributed by atoms with Gasteiger partial charge in [-0.2, -0.15) is 0 Å². The van der Waals surface area contributed by atoms with E-state index >= 15 is 0 Å². The molecule has 0 aliphatic rings. The van der Waals surface area contributed by atoms with Crippen LogP contribution in [-0.4, -0.2) is 37.0 Å². The molecule has 20 heavy (non-hydrogen) atoms. The van der Waals surface area contributed by atoms with Crippen LogP contribution in [0.4, 0.5) is 0 Å². The lowest BCUT2D eigenvalue weighted by Gasteiger charge is -2.16. The maximum absolute atomic E-state index is 10.6. The van der Waals surface area contributed by atoms with Crippen molar-refractivity contribution in [2.45, 2.75) is 12.8 Å². The molecule has 0 saturated carbocycles. The standard InChI is InChI=1S/C12H18N4O4/c1-19-12(20-2)8-15-11(9-16(17)18)14-7-10-4-3-5-13-6-10/h3-6,9,12,14-15H,7-8H2,1-2H3/b11-9+. The van der Waals surface area contributed by atoms with Crippen molar-refractivity contribution in [1.29, 1.82) is 0 Å². The number of aromatic nitrogens is 1. The predicted molar refractivity (Wildman–Crippen MR) is 72.0 cm³/mol. The predicted octanol–water partition coefficient (Wildman–Crippen LogP) is 0.455. The van der Waals surface area contributed by atoms with Gasteiger partial charge in [-0.3, -0.25) is 15.1 Å². The van der Waals surface area contributed by atoms with Crippen molar-refractivity contribution in [2.24, 2.45) is 0 Å². The van der Waals surface area contributed by atoms with E-state index in [0.717, 1.165) is 11.8 Å². The van der Waals surface area contributed by atoms with E-state index in [9.17, 15) is 10.1 Å². The van der Waals surface area contributed by atoms with Gasteiger partial charge in [-0.05, 0) is 11.6 Å². The van der Waals surface area contributed by atoms with Crippen molar-refractivity contribution in [3.05, 3.63) is 52.2 Å². The number of rotatable bonds is 9. The summed E-state index contributed by atoms with van der Waals surface area (Å²) >= 11 is 0.